The van der Waals surface area contributed by atoms with Crippen LogP contribution in [0.1, 0.15) is 27.0 Å². The Balaban J connectivity index is 1.24. The molecule has 52 heavy (non-hydrogen) atoms. The van der Waals surface area contributed by atoms with Crippen LogP contribution in [-0.4, -0.2) is 116 Å². The fourth-order valence-electron chi connectivity index (χ4n) is 7.55. The van der Waals surface area contributed by atoms with Crippen LogP contribution in [0.15, 0.2) is 91.6 Å². The van der Waals surface area contributed by atoms with E-state index in [9.17, 15) is 24.3 Å². The minimum Gasteiger partial charge on any atom is -0.508 e. The van der Waals surface area contributed by atoms with Crippen molar-refractivity contribution in [1.29, 1.82) is 0 Å². The minimum absolute atomic E-state index is 0.0590. The van der Waals surface area contributed by atoms with E-state index in [1.54, 1.807) is 55.1 Å². The normalized spacial score (nSPS) is 19.6. The number of benzene rings is 3. The molecule has 5 amide bonds. The fraction of sp³-hybridized carbons (Fsp3) is 0.333. The van der Waals surface area contributed by atoms with Gasteiger partial charge in [-0.3, -0.25) is 14.4 Å². The predicted octanol–water partition coefficient (Wildman–Crippen LogP) is 3.09. The van der Waals surface area contributed by atoms with Crippen molar-refractivity contribution in [3.05, 3.63) is 114 Å². The molecule has 2 atom stereocenters. The minimum atomic E-state index is -0.919. The number of fused-ring (bicyclic) bond motifs is 2. The number of aromatic nitrogens is 1. The Labute approximate surface area is 302 Å². The summed E-state index contributed by atoms with van der Waals surface area (Å²) in [7, 11) is 1.89. The number of hydrogen-bond donors (Lipinski definition) is 2. The summed E-state index contributed by atoms with van der Waals surface area (Å²) in [5.41, 5.74) is 3.92. The SMILES string of the molecule is C=CCN1CC(=O)N2[C@@H](Cc3ccc(O)cc3)C(=O)N(Cc3cccc4c(C(=O)N5CCOCC5)cn(C)c34)C[C@@H]2N1C(=O)NCc1ccccc1. The van der Waals surface area contributed by atoms with Crippen molar-refractivity contribution in [2.24, 2.45) is 7.05 Å². The number of carbonyl (C=O) groups is 4. The van der Waals surface area contributed by atoms with E-state index in [4.69, 9.17) is 4.74 Å². The molecule has 13 nitrogen and oxygen atoms in total. The highest BCUT2D eigenvalue weighted by atomic mass is 16.5. The summed E-state index contributed by atoms with van der Waals surface area (Å²) in [6.07, 6.45) is 2.85. The van der Waals surface area contributed by atoms with E-state index in [-0.39, 0.29) is 62.6 Å². The Morgan fingerprint density at radius 1 is 0.981 bits per heavy atom. The monoisotopic (exact) mass is 705 g/mol. The number of aromatic hydroxyl groups is 1. The first kappa shape index (κ1) is 34.8. The number of phenols is 1. The lowest BCUT2D eigenvalue weighted by Crippen LogP contribution is -2.76. The second-order valence-corrected chi connectivity index (χ2v) is 13.4. The molecule has 0 unspecified atom stereocenters. The van der Waals surface area contributed by atoms with Crippen LogP contribution in [0, 0.1) is 0 Å². The van der Waals surface area contributed by atoms with Crippen molar-refractivity contribution in [3.63, 3.8) is 0 Å². The van der Waals surface area contributed by atoms with Gasteiger partial charge in [-0.2, -0.15) is 0 Å². The van der Waals surface area contributed by atoms with Crippen molar-refractivity contribution in [1.82, 2.24) is 34.6 Å². The van der Waals surface area contributed by atoms with Gasteiger partial charge in [0.15, 0.2) is 0 Å². The molecule has 0 spiro atoms. The maximum Gasteiger partial charge on any atom is 0.334 e. The van der Waals surface area contributed by atoms with Gasteiger partial charge in [0.1, 0.15) is 18.0 Å². The van der Waals surface area contributed by atoms with Gasteiger partial charge in [0.2, 0.25) is 11.8 Å². The summed E-state index contributed by atoms with van der Waals surface area (Å²) in [6, 6.07) is 20.6. The van der Waals surface area contributed by atoms with Crippen LogP contribution in [0.25, 0.3) is 10.9 Å². The first-order valence-corrected chi connectivity index (χ1v) is 17.5. The number of rotatable bonds is 9. The topological polar surface area (TPSA) is 131 Å². The zero-order chi connectivity index (χ0) is 36.4. The van der Waals surface area contributed by atoms with Gasteiger partial charge in [-0.25, -0.2) is 14.8 Å². The molecule has 3 aliphatic heterocycles. The number of morpholine rings is 1. The third-order valence-corrected chi connectivity index (χ3v) is 10.0. The summed E-state index contributed by atoms with van der Waals surface area (Å²) in [5.74, 6) is -0.498. The van der Waals surface area contributed by atoms with Crippen LogP contribution in [0.2, 0.25) is 0 Å². The summed E-state index contributed by atoms with van der Waals surface area (Å²) in [5, 5.41) is 17.0. The number of aryl methyl sites for hydroxylation is 1. The van der Waals surface area contributed by atoms with Gasteiger partial charge >= 0.3 is 6.03 Å². The first-order chi connectivity index (χ1) is 25.2. The van der Waals surface area contributed by atoms with E-state index >= 15 is 0 Å². The molecule has 2 N–H and O–H groups in total. The highest BCUT2D eigenvalue weighted by molar-refractivity contribution is 6.07. The zero-order valence-corrected chi connectivity index (χ0v) is 29.2. The number of piperazine rings is 1. The third kappa shape index (κ3) is 6.84. The lowest BCUT2D eigenvalue weighted by Gasteiger charge is -2.55. The molecule has 3 saturated heterocycles. The molecule has 270 valence electrons. The number of carbonyl (C=O) groups excluding carboxylic acids is 4. The van der Waals surface area contributed by atoms with Gasteiger partial charge < -0.3 is 34.4 Å². The van der Waals surface area contributed by atoms with Crippen LogP contribution in [0.5, 0.6) is 5.75 Å². The Kier molecular flexibility index (Phi) is 9.97. The van der Waals surface area contributed by atoms with E-state index < -0.39 is 18.2 Å². The molecule has 0 bridgehead atoms. The number of para-hydroxylation sites is 1. The molecule has 0 saturated carbocycles. The van der Waals surface area contributed by atoms with Crippen LogP contribution < -0.4 is 5.32 Å². The van der Waals surface area contributed by atoms with E-state index in [1.807, 2.05) is 66.3 Å². The first-order valence-electron chi connectivity index (χ1n) is 17.5. The van der Waals surface area contributed by atoms with Crippen LogP contribution in [0.3, 0.4) is 0 Å². The summed E-state index contributed by atoms with van der Waals surface area (Å²) >= 11 is 0. The van der Waals surface area contributed by atoms with Gasteiger partial charge in [0.05, 0.1) is 37.4 Å². The molecular formula is C39H43N7O6. The smallest absolute Gasteiger partial charge is 0.334 e. The quantitative estimate of drug-likeness (QED) is 0.256. The maximum absolute atomic E-state index is 14.6. The third-order valence-electron chi connectivity index (χ3n) is 10.0. The number of nitrogens with zero attached hydrogens (tertiary/aromatic N) is 6. The molecule has 13 heteroatoms. The summed E-state index contributed by atoms with van der Waals surface area (Å²) < 4.78 is 7.38. The highest BCUT2D eigenvalue weighted by Gasteiger charge is 2.51. The highest BCUT2D eigenvalue weighted by Crippen LogP contribution is 2.32. The van der Waals surface area contributed by atoms with Gasteiger partial charge in [-0.1, -0.05) is 66.7 Å². The van der Waals surface area contributed by atoms with E-state index in [2.05, 4.69) is 11.9 Å². The van der Waals surface area contributed by atoms with Crippen molar-refractivity contribution in [2.75, 3.05) is 45.9 Å². The van der Waals surface area contributed by atoms with Gasteiger partial charge in [0, 0.05) is 57.8 Å². The number of urea groups is 1. The Bertz CT molecular complexity index is 1970. The molecule has 3 fully saturated rings. The second kappa shape index (κ2) is 14.9. The van der Waals surface area contributed by atoms with Crippen LogP contribution in [0.4, 0.5) is 4.79 Å². The summed E-state index contributed by atoms with van der Waals surface area (Å²) in [4.78, 5) is 61.4. The number of phenolic OH excluding ortho intramolecular Hbond substituents is 1. The average Bonchev–Trinajstić information content (AvgIpc) is 3.50. The van der Waals surface area contributed by atoms with E-state index in [0.717, 1.165) is 27.6 Å². The van der Waals surface area contributed by atoms with Crippen molar-refractivity contribution in [2.45, 2.75) is 31.7 Å². The van der Waals surface area contributed by atoms with E-state index in [0.29, 0.717) is 31.9 Å². The van der Waals surface area contributed by atoms with E-state index in [1.165, 1.54) is 0 Å². The van der Waals surface area contributed by atoms with Crippen molar-refractivity contribution in [3.8, 4) is 5.75 Å². The molecule has 3 aromatic carbocycles. The molecule has 0 aliphatic carbocycles. The van der Waals surface area contributed by atoms with Crippen LogP contribution >= 0.6 is 0 Å². The Hall–Kier alpha value is -5.66. The van der Waals surface area contributed by atoms with Gasteiger partial charge in [-0.15, -0.1) is 6.58 Å². The molecule has 4 heterocycles. The molecular weight excluding hydrogens is 662 g/mol. The number of hydrogen-bond acceptors (Lipinski definition) is 7. The largest absolute Gasteiger partial charge is 0.508 e. The van der Waals surface area contributed by atoms with Crippen LogP contribution in [-0.2, 0) is 40.9 Å². The number of hydrazine groups is 1. The standard InChI is InChI=1S/C39H43N7O6/c1-3-16-44-26-35(48)45-33(21-27-12-14-30(47)15-13-27)38(50)43(25-34(45)46(44)39(51)40-22-28-8-5-4-6-9-28)23-29-10-7-11-31-32(24-41(2)36(29)31)37(49)42-17-19-52-20-18-42/h3-15,24,33-34,47H,1,16-23,25-26H2,2H3,(H,40,51)/t33-,34-/m0/s1. The Morgan fingerprint density at radius 2 is 1.73 bits per heavy atom. The lowest BCUT2D eigenvalue weighted by atomic mass is 9.98. The average molecular weight is 706 g/mol. The number of amides is 5. The molecule has 4 aromatic rings. The fourth-order valence-corrected chi connectivity index (χ4v) is 7.55. The molecule has 3 aliphatic rings. The summed E-state index contributed by atoms with van der Waals surface area (Å²) in [6.45, 7) is 6.56. The maximum atomic E-state index is 14.6. The van der Waals surface area contributed by atoms with Gasteiger partial charge in [-0.05, 0) is 28.8 Å². The number of nitrogens with one attached hydrogen (secondary N) is 1. The predicted molar refractivity (Wildman–Crippen MR) is 194 cm³/mol. The second-order valence-electron chi connectivity index (χ2n) is 13.4. The van der Waals surface area contributed by atoms with Gasteiger partial charge in [0.25, 0.3) is 5.91 Å². The van der Waals surface area contributed by atoms with Crippen molar-refractivity contribution < 1.29 is 29.0 Å². The number of ether oxygens (including phenoxy) is 1. The lowest BCUT2D eigenvalue weighted by molar-refractivity contribution is -0.189. The molecule has 1 aromatic heterocycles. The van der Waals surface area contributed by atoms with Crippen molar-refractivity contribution >= 4 is 34.7 Å². The molecule has 7 rings (SSSR count). The molecule has 0 radical (unpaired) electrons. The zero-order valence-electron chi connectivity index (χ0n) is 29.2. The Morgan fingerprint density at radius 3 is 2.46 bits per heavy atom.